The Labute approximate surface area is 141 Å². The fourth-order valence-corrected chi connectivity index (χ4v) is 1.58. The quantitative estimate of drug-likeness (QED) is 0.338. The van der Waals surface area contributed by atoms with Crippen LogP contribution in [0.5, 0.6) is 0 Å². The van der Waals surface area contributed by atoms with Crippen molar-refractivity contribution >= 4 is 35.9 Å². The van der Waals surface area contributed by atoms with E-state index in [9.17, 15) is 9.18 Å². The van der Waals surface area contributed by atoms with Gasteiger partial charge in [0.25, 0.3) is 0 Å². The molecule has 1 aromatic rings. The molecule has 0 amide bonds. The van der Waals surface area contributed by atoms with Gasteiger partial charge in [-0.15, -0.1) is 24.0 Å². The first-order valence-corrected chi connectivity index (χ1v) is 6.34. The summed E-state index contributed by atoms with van der Waals surface area (Å²) < 4.78 is 18.1. The molecule has 0 bridgehead atoms. The molecular formula is C14H21FIN3O2. The maximum atomic E-state index is 13.4. The van der Waals surface area contributed by atoms with E-state index >= 15 is 0 Å². The monoisotopic (exact) mass is 409 g/mol. The molecule has 21 heavy (non-hydrogen) atoms. The van der Waals surface area contributed by atoms with Gasteiger partial charge in [0.05, 0.1) is 13.0 Å². The summed E-state index contributed by atoms with van der Waals surface area (Å²) in [6.45, 7) is 2.46. The van der Waals surface area contributed by atoms with Gasteiger partial charge in [-0.25, -0.2) is 4.39 Å². The van der Waals surface area contributed by atoms with Gasteiger partial charge in [0, 0.05) is 25.7 Å². The van der Waals surface area contributed by atoms with Crippen molar-refractivity contribution in [3.05, 3.63) is 35.6 Å². The number of hydrogen-bond acceptors (Lipinski definition) is 3. The van der Waals surface area contributed by atoms with Gasteiger partial charge in [-0.1, -0.05) is 25.1 Å². The van der Waals surface area contributed by atoms with Crippen LogP contribution < -0.4 is 10.6 Å². The van der Waals surface area contributed by atoms with Gasteiger partial charge in [0.1, 0.15) is 5.82 Å². The third kappa shape index (κ3) is 6.74. The molecule has 0 aliphatic carbocycles. The van der Waals surface area contributed by atoms with E-state index in [0.717, 1.165) is 0 Å². The van der Waals surface area contributed by atoms with Crippen LogP contribution in [0, 0.1) is 11.7 Å². The minimum absolute atomic E-state index is 0. The lowest BCUT2D eigenvalue weighted by Gasteiger charge is -2.14. The standard InChI is InChI=1S/C14H20FN3O2.HI/c1-10(13(19)20-3)8-17-14(16-2)18-9-11-6-4-5-7-12(11)15;/h4-7,10H,8-9H2,1-3H3,(H2,16,17,18);1H. The highest BCUT2D eigenvalue weighted by Gasteiger charge is 2.13. The summed E-state index contributed by atoms with van der Waals surface area (Å²) in [7, 11) is 2.96. The molecule has 0 aliphatic heterocycles. The number of rotatable bonds is 5. The predicted molar refractivity (Wildman–Crippen MR) is 91.2 cm³/mol. The Morgan fingerprint density at radius 3 is 2.62 bits per heavy atom. The Balaban J connectivity index is 0.00000400. The molecule has 2 N–H and O–H groups in total. The number of nitrogens with zero attached hydrogens (tertiary/aromatic N) is 1. The Kier molecular flexibility index (Phi) is 9.68. The highest BCUT2D eigenvalue weighted by Crippen LogP contribution is 2.05. The fourth-order valence-electron chi connectivity index (χ4n) is 1.58. The topological polar surface area (TPSA) is 62.7 Å². The Morgan fingerprint density at radius 1 is 1.38 bits per heavy atom. The van der Waals surface area contributed by atoms with Crippen molar-refractivity contribution < 1.29 is 13.9 Å². The Bertz CT molecular complexity index is 483. The number of ether oxygens (including phenoxy) is 1. The number of carbonyl (C=O) groups is 1. The zero-order chi connectivity index (χ0) is 15.0. The summed E-state index contributed by atoms with van der Waals surface area (Å²) >= 11 is 0. The number of methoxy groups -OCH3 is 1. The van der Waals surface area contributed by atoms with Crippen LogP contribution in [-0.2, 0) is 16.1 Å². The van der Waals surface area contributed by atoms with E-state index in [1.165, 1.54) is 13.2 Å². The normalized spacial score (nSPS) is 12.1. The molecule has 1 rings (SSSR count). The number of nitrogens with one attached hydrogen (secondary N) is 2. The van der Waals surface area contributed by atoms with Crippen molar-refractivity contribution in [2.24, 2.45) is 10.9 Å². The van der Waals surface area contributed by atoms with Gasteiger partial charge in [0.15, 0.2) is 5.96 Å². The molecule has 0 saturated heterocycles. The Morgan fingerprint density at radius 2 is 2.05 bits per heavy atom. The molecule has 0 radical (unpaired) electrons. The van der Waals surface area contributed by atoms with E-state index in [-0.39, 0.29) is 41.7 Å². The van der Waals surface area contributed by atoms with Gasteiger partial charge in [0.2, 0.25) is 0 Å². The lowest BCUT2D eigenvalue weighted by molar-refractivity contribution is -0.144. The third-order valence-corrected chi connectivity index (χ3v) is 2.81. The van der Waals surface area contributed by atoms with Crippen LogP contribution in [0.3, 0.4) is 0 Å². The molecule has 1 aromatic carbocycles. The smallest absolute Gasteiger partial charge is 0.310 e. The molecule has 0 saturated carbocycles. The van der Waals surface area contributed by atoms with Gasteiger partial charge in [-0.3, -0.25) is 9.79 Å². The largest absolute Gasteiger partial charge is 0.469 e. The zero-order valence-corrected chi connectivity index (χ0v) is 14.7. The Hall–Kier alpha value is -1.38. The van der Waals surface area contributed by atoms with E-state index in [1.807, 2.05) is 0 Å². The van der Waals surface area contributed by atoms with Gasteiger partial charge < -0.3 is 15.4 Å². The van der Waals surface area contributed by atoms with E-state index < -0.39 is 0 Å². The molecule has 0 aliphatic rings. The van der Waals surface area contributed by atoms with Crippen molar-refractivity contribution in [2.45, 2.75) is 13.5 Å². The molecule has 7 heteroatoms. The van der Waals surface area contributed by atoms with Crippen molar-refractivity contribution in [3.63, 3.8) is 0 Å². The van der Waals surface area contributed by atoms with Crippen LogP contribution >= 0.6 is 24.0 Å². The van der Waals surface area contributed by atoms with Crippen LogP contribution in [0.15, 0.2) is 29.3 Å². The summed E-state index contributed by atoms with van der Waals surface area (Å²) in [4.78, 5) is 15.3. The molecular weight excluding hydrogens is 388 g/mol. The first kappa shape index (κ1) is 19.6. The number of guanidine groups is 1. The SMILES string of the molecule is CN=C(NCc1ccccc1F)NCC(C)C(=O)OC.I. The summed E-state index contributed by atoms with van der Waals surface area (Å²) in [6.07, 6.45) is 0. The molecule has 1 atom stereocenters. The first-order chi connectivity index (χ1) is 9.58. The van der Waals surface area contributed by atoms with Crippen LogP contribution in [0.4, 0.5) is 4.39 Å². The van der Waals surface area contributed by atoms with Crippen molar-refractivity contribution in [1.29, 1.82) is 0 Å². The van der Waals surface area contributed by atoms with E-state index in [4.69, 9.17) is 0 Å². The second-order valence-electron chi connectivity index (χ2n) is 4.32. The van der Waals surface area contributed by atoms with E-state index in [1.54, 1.807) is 32.2 Å². The summed E-state index contributed by atoms with van der Waals surface area (Å²) in [6, 6.07) is 6.53. The maximum Gasteiger partial charge on any atom is 0.310 e. The van der Waals surface area contributed by atoms with Crippen molar-refractivity contribution in [1.82, 2.24) is 10.6 Å². The summed E-state index contributed by atoms with van der Waals surface area (Å²) in [5.41, 5.74) is 0.552. The molecule has 5 nitrogen and oxygen atoms in total. The lowest BCUT2D eigenvalue weighted by Crippen LogP contribution is -2.40. The third-order valence-electron chi connectivity index (χ3n) is 2.81. The van der Waals surface area contributed by atoms with Crippen LogP contribution in [0.1, 0.15) is 12.5 Å². The number of carbonyl (C=O) groups excluding carboxylic acids is 1. The zero-order valence-electron chi connectivity index (χ0n) is 12.4. The van der Waals surface area contributed by atoms with Crippen LogP contribution in [0.2, 0.25) is 0 Å². The molecule has 0 fully saturated rings. The number of halogens is 2. The van der Waals surface area contributed by atoms with Crippen molar-refractivity contribution in [2.75, 3.05) is 20.7 Å². The average Bonchev–Trinajstić information content (AvgIpc) is 2.47. The summed E-state index contributed by atoms with van der Waals surface area (Å²) in [5, 5.41) is 5.98. The highest BCUT2D eigenvalue weighted by atomic mass is 127. The van der Waals surface area contributed by atoms with Gasteiger partial charge in [-0.05, 0) is 6.07 Å². The van der Waals surface area contributed by atoms with Crippen LogP contribution in [-0.4, -0.2) is 32.6 Å². The molecule has 0 aromatic heterocycles. The van der Waals surface area contributed by atoms with Gasteiger partial charge in [-0.2, -0.15) is 0 Å². The average molecular weight is 409 g/mol. The number of hydrogen-bond donors (Lipinski definition) is 2. The second-order valence-corrected chi connectivity index (χ2v) is 4.32. The number of aliphatic imine (C=N–C) groups is 1. The molecule has 0 heterocycles. The lowest BCUT2D eigenvalue weighted by atomic mass is 10.2. The van der Waals surface area contributed by atoms with E-state index in [2.05, 4.69) is 20.4 Å². The highest BCUT2D eigenvalue weighted by molar-refractivity contribution is 14.0. The molecule has 0 spiro atoms. The van der Waals surface area contributed by atoms with Crippen molar-refractivity contribution in [3.8, 4) is 0 Å². The fraction of sp³-hybridized carbons (Fsp3) is 0.429. The second kappa shape index (κ2) is 10.4. The number of esters is 1. The first-order valence-electron chi connectivity index (χ1n) is 6.34. The van der Waals surface area contributed by atoms with Crippen LogP contribution in [0.25, 0.3) is 0 Å². The minimum atomic E-state index is -0.290. The number of benzene rings is 1. The maximum absolute atomic E-state index is 13.4. The molecule has 118 valence electrons. The molecule has 1 unspecified atom stereocenters. The van der Waals surface area contributed by atoms with E-state index in [0.29, 0.717) is 24.6 Å². The minimum Gasteiger partial charge on any atom is -0.469 e. The predicted octanol–water partition coefficient (Wildman–Crippen LogP) is 1.92. The summed E-state index contributed by atoms with van der Waals surface area (Å²) in [5.74, 6) is -0.337. The van der Waals surface area contributed by atoms with Gasteiger partial charge >= 0.3 is 5.97 Å².